The number of carbonyl (C=O) groups excluding carboxylic acids is 2. The number of esters is 1. The van der Waals surface area contributed by atoms with Crippen molar-refractivity contribution in [2.45, 2.75) is 65.9 Å². The van der Waals surface area contributed by atoms with E-state index in [0.29, 0.717) is 21.6 Å². The van der Waals surface area contributed by atoms with Gasteiger partial charge >= 0.3 is 5.97 Å². The van der Waals surface area contributed by atoms with Gasteiger partial charge in [-0.25, -0.2) is 4.98 Å². The highest BCUT2D eigenvalue weighted by Gasteiger charge is 2.14. The molecule has 3 aromatic rings. The minimum atomic E-state index is -0.495. The number of hydrogen-bond donors (Lipinski definition) is 1. The molecular weight excluding hydrogens is 412 g/mol. The number of H-pyrrole nitrogens is 1. The molecule has 1 N–H and O–H groups in total. The molecule has 0 amide bonds. The van der Waals surface area contributed by atoms with Crippen molar-refractivity contribution in [3.05, 3.63) is 62.0 Å². The van der Waals surface area contributed by atoms with E-state index in [0.717, 1.165) is 23.3 Å². The number of thiophene rings is 1. The van der Waals surface area contributed by atoms with Crippen LogP contribution in [0.2, 0.25) is 0 Å². The minimum absolute atomic E-state index is 0.0131. The molecule has 0 bridgehead atoms. The maximum atomic E-state index is 12.4. The average Bonchev–Trinajstić information content (AvgIpc) is 3.05. The molecule has 0 aliphatic rings. The highest BCUT2D eigenvalue weighted by atomic mass is 32.1. The third kappa shape index (κ3) is 5.88. The number of ether oxygens (including phenoxy) is 1. The number of aromatic nitrogens is 2. The lowest BCUT2D eigenvalue weighted by atomic mass is 10.0. The third-order valence-corrected chi connectivity index (χ3v) is 6.46. The summed E-state index contributed by atoms with van der Waals surface area (Å²) >= 11 is 1.44. The van der Waals surface area contributed by atoms with Crippen LogP contribution in [0.5, 0.6) is 0 Å². The summed E-state index contributed by atoms with van der Waals surface area (Å²) in [5, 5.41) is 0.583. The summed E-state index contributed by atoms with van der Waals surface area (Å²) in [5.41, 5.74) is 2.52. The maximum absolute atomic E-state index is 12.4. The van der Waals surface area contributed by atoms with Gasteiger partial charge in [0, 0.05) is 16.9 Å². The molecule has 164 valence electrons. The Morgan fingerprint density at radius 2 is 1.84 bits per heavy atom. The van der Waals surface area contributed by atoms with Crippen LogP contribution in [0.25, 0.3) is 10.2 Å². The summed E-state index contributed by atoms with van der Waals surface area (Å²) in [6.45, 7) is 5.88. The molecule has 7 heteroatoms. The van der Waals surface area contributed by atoms with Crippen LogP contribution in [0, 0.1) is 13.8 Å². The van der Waals surface area contributed by atoms with Gasteiger partial charge in [0.15, 0.2) is 5.78 Å². The molecule has 0 saturated heterocycles. The normalized spacial score (nSPS) is 11.1. The Balaban J connectivity index is 1.49. The van der Waals surface area contributed by atoms with Gasteiger partial charge in [0.25, 0.3) is 5.56 Å². The monoisotopic (exact) mass is 440 g/mol. The molecule has 0 fully saturated rings. The number of rotatable bonds is 10. The van der Waals surface area contributed by atoms with E-state index in [1.165, 1.54) is 29.7 Å². The fourth-order valence-corrected chi connectivity index (χ4v) is 4.43. The van der Waals surface area contributed by atoms with Crippen molar-refractivity contribution in [1.29, 1.82) is 0 Å². The number of benzene rings is 1. The van der Waals surface area contributed by atoms with Gasteiger partial charge < -0.3 is 9.72 Å². The largest absolute Gasteiger partial charge is 0.458 e. The number of unbranched alkanes of at least 4 members (excludes halogenated alkanes) is 2. The smallest absolute Gasteiger partial charge is 0.306 e. The standard InChI is InChI=1S/C24H28N2O4S/c1-4-5-6-7-17-8-10-18(11-9-17)19(27)12-13-21(28)30-14-20-25-23(29)22-15(2)16(3)31-24(22)26-20/h8-11H,4-7,12-14H2,1-3H3,(H,25,26,29). The number of hydrogen-bond acceptors (Lipinski definition) is 6. The van der Waals surface area contributed by atoms with E-state index >= 15 is 0 Å². The molecule has 0 atom stereocenters. The van der Waals surface area contributed by atoms with Crippen molar-refractivity contribution < 1.29 is 14.3 Å². The summed E-state index contributed by atoms with van der Waals surface area (Å²) in [5.74, 6) is -0.280. The number of fused-ring (bicyclic) bond motifs is 1. The van der Waals surface area contributed by atoms with E-state index in [2.05, 4.69) is 16.9 Å². The number of carbonyl (C=O) groups is 2. The van der Waals surface area contributed by atoms with Crippen LogP contribution in [-0.2, 0) is 22.6 Å². The Hall–Kier alpha value is -2.80. The number of nitrogens with zero attached hydrogens (tertiary/aromatic N) is 1. The zero-order chi connectivity index (χ0) is 22.4. The zero-order valence-electron chi connectivity index (χ0n) is 18.2. The summed E-state index contributed by atoms with van der Waals surface area (Å²) in [6.07, 6.45) is 4.62. The van der Waals surface area contributed by atoms with Gasteiger partial charge in [0.05, 0.1) is 11.8 Å². The second-order valence-electron chi connectivity index (χ2n) is 7.71. The highest BCUT2D eigenvalue weighted by molar-refractivity contribution is 7.18. The van der Waals surface area contributed by atoms with Crippen LogP contribution in [0.1, 0.15) is 71.2 Å². The summed E-state index contributed by atoms with van der Waals surface area (Å²) in [6, 6.07) is 7.61. The zero-order valence-corrected chi connectivity index (χ0v) is 19.1. The number of aromatic amines is 1. The van der Waals surface area contributed by atoms with Crippen molar-refractivity contribution >= 4 is 33.3 Å². The molecule has 0 radical (unpaired) electrons. The highest BCUT2D eigenvalue weighted by Crippen LogP contribution is 2.25. The minimum Gasteiger partial charge on any atom is -0.458 e. The second-order valence-corrected chi connectivity index (χ2v) is 8.92. The Morgan fingerprint density at radius 1 is 1.10 bits per heavy atom. The quantitative estimate of drug-likeness (QED) is 0.271. The van der Waals surface area contributed by atoms with Crippen molar-refractivity contribution in [1.82, 2.24) is 9.97 Å². The molecule has 1 aromatic carbocycles. The van der Waals surface area contributed by atoms with Crippen LogP contribution in [-0.4, -0.2) is 21.7 Å². The van der Waals surface area contributed by atoms with Gasteiger partial charge in [0.1, 0.15) is 17.3 Å². The Morgan fingerprint density at radius 3 is 2.55 bits per heavy atom. The molecule has 0 aliphatic carbocycles. The van der Waals surface area contributed by atoms with Gasteiger partial charge in [-0.15, -0.1) is 11.3 Å². The summed E-state index contributed by atoms with van der Waals surface area (Å²) < 4.78 is 5.21. The fourth-order valence-electron chi connectivity index (χ4n) is 3.38. The number of aryl methyl sites for hydroxylation is 3. The fraction of sp³-hybridized carbons (Fsp3) is 0.417. The van der Waals surface area contributed by atoms with E-state index < -0.39 is 5.97 Å². The lowest BCUT2D eigenvalue weighted by Gasteiger charge is -2.06. The molecule has 31 heavy (non-hydrogen) atoms. The van der Waals surface area contributed by atoms with Crippen LogP contribution in [0.4, 0.5) is 0 Å². The lowest BCUT2D eigenvalue weighted by Crippen LogP contribution is -2.14. The van der Waals surface area contributed by atoms with Crippen molar-refractivity contribution in [3.8, 4) is 0 Å². The van der Waals surface area contributed by atoms with Crippen molar-refractivity contribution in [2.24, 2.45) is 0 Å². The van der Waals surface area contributed by atoms with Crippen LogP contribution < -0.4 is 5.56 Å². The van der Waals surface area contributed by atoms with Gasteiger partial charge in [-0.1, -0.05) is 44.0 Å². The third-order valence-electron chi connectivity index (χ3n) is 5.36. The Bertz CT molecular complexity index is 1130. The molecule has 0 aliphatic heterocycles. The lowest BCUT2D eigenvalue weighted by molar-refractivity contribution is -0.145. The molecule has 3 rings (SSSR count). The van der Waals surface area contributed by atoms with Crippen LogP contribution >= 0.6 is 11.3 Å². The van der Waals surface area contributed by atoms with Gasteiger partial charge in [0.2, 0.25) is 0 Å². The van der Waals surface area contributed by atoms with Gasteiger partial charge in [-0.05, 0) is 37.8 Å². The molecule has 0 unspecified atom stereocenters. The van der Waals surface area contributed by atoms with Gasteiger partial charge in [-0.2, -0.15) is 0 Å². The molecule has 0 saturated carbocycles. The number of ketones is 1. The number of nitrogens with one attached hydrogen (secondary N) is 1. The predicted molar refractivity (Wildman–Crippen MR) is 123 cm³/mol. The Labute approximate surface area is 185 Å². The molecule has 0 spiro atoms. The summed E-state index contributed by atoms with van der Waals surface area (Å²) in [7, 11) is 0. The van der Waals surface area contributed by atoms with Crippen molar-refractivity contribution in [2.75, 3.05) is 0 Å². The predicted octanol–water partition coefficient (Wildman–Crippen LogP) is 5.04. The second kappa shape index (κ2) is 10.5. The number of Topliss-reactive ketones (excluding diaryl/α,β-unsaturated/α-hetero) is 1. The SMILES string of the molecule is CCCCCc1ccc(C(=O)CCC(=O)OCc2nc3sc(C)c(C)c3c(=O)[nH]2)cc1. The van der Waals surface area contributed by atoms with E-state index in [4.69, 9.17) is 4.74 Å². The first kappa shape index (κ1) is 22.9. The topological polar surface area (TPSA) is 89.1 Å². The maximum Gasteiger partial charge on any atom is 0.306 e. The van der Waals surface area contributed by atoms with Crippen molar-refractivity contribution in [3.63, 3.8) is 0 Å². The summed E-state index contributed by atoms with van der Waals surface area (Å²) in [4.78, 5) is 45.4. The molecular formula is C24H28N2O4S. The van der Waals surface area contributed by atoms with Crippen LogP contribution in [0.3, 0.4) is 0 Å². The molecule has 2 heterocycles. The Kier molecular flexibility index (Phi) is 7.74. The molecule has 6 nitrogen and oxygen atoms in total. The van der Waals surface area contributed by atoms with Gasteiger partial charge in [-0.3, -0.25) is 14.4 Å². The average molecular weight is 441 g/mol. The van der Waals surface area contributed by atoms with E-state index in [1.807, 2.05) is 38.1 Å². The first-order chi connectivity index (χ1) is 14.9. The molecule has 2 aromatic heterocycles. The first-order valence-corrected chi connectivity index (χ1v) is 11.5. The van der Waals surface area contributed by atoms with E-state index in [-0.39, 0.29) is 30.8 Å². The van der Waals surface area contributed by atoms with E-state index in [1.54, 1.807) is 0 Å². The van der Waals surface area contributed by atoms with E-state index in [9.17, 15) is 14.4 Å². The van der Waals surface area contributed by atoms with Crippen LogP contribution in [0.15, 0.2) is 29.1 Å². The first-order valence-electron chi connectivity index (χ1n) is 10.7.